The maximum absolute atomic E-state index is 11.3. The van der Waals surface area contributed by atoms with Gasteiger partial charge in [0.2, 0.25) is 5.91 Å². The van der Waals surface area contributed by atoms with Crippen molar-refractivity contribution in [2.75, 3.05) is 24.9 Å². The highest BCUT2D eigenvalue weighted by Gasteiger charge is 2.06. The zero-order valence-electron chi connectivity index (χ0n) is 13.0. The van der Waals surface area contributed by atoms with Gasteiger partial charge in [-0.25, -0.2) is 0 Å². The van der Waals surface area contributed by atoms with Gasteiger partial charge in [0, 0.05) is 23.9 Å². The highest BCUT2D eigenvalue weighted by Crippen LogP contribution is 2.31. The van der Waals surface area contributed by atoms with Crippen LogP contribution in [0.1, 0.15) is 13.3 Å². The van der Waals surface area contributed by atoms with Gasteiger partial charge in [0.25, 0.3) is 0 Å². The number of benzene rings is 2. The molecule has 1 amide bonds. The Labute approximate surface area is 130 Å². The highest BCUT2D eigenvalue weighted by atomic mass is 16.5. The topological polar surface area (TPSA) is 59.6 Å². The summed E-state index contributed by atoms with van der Waals surface area (Å²) in [5.41, 5.74) is 2.52. The number of carbonyl (C=O) groups is 1. The number of hydrogen-bond acceptors (Lipinski definition) is 4. The molecule has 0 radical (unpaired) electrons. The molecule has 0 atom stereocenters. The molecule has 0 saturated carbocycles. The minimum atomic E-state index is -0.00228. The third-order valence-electron chi connectivity index (χ3n) is 3.18. The minimum Gasteiger partial charge on any atom is -0.497 e. The summed E-state index contributed by atoms with van der Waals surface area (Å²) in [6, 6.07) is 13.1. The molecule has 5 heteroatoms. The number of anilines is 3. The summed E-state index contributed by atoms with van der Waals surface area (Å²) >= 11 is 0. The second kappa shape index (κ2) is 7.36. The van der Waals surface area contributed by atoms with Crippen LogP contribution in [-0.4, -0.2) is 20.1 Å². The molecule has 2 rings (SSSR count). The molecule has 0 aliphatic carbocycles. The van der Waals surface area contributed by atoms with E-state index in [9.17, 15) is 4.79 Å². The normalized spacial score (nSPS) is 9.95. The molecule has 5 nitrogen and oxygen atoms in total. The third kappa shape index (κ3) is 3.91. The van der Waals surface area contributed by atoms with E-state index in [1.165, 1.54) is 0 Å². The first-order valence-corrected chi connectivity index (χ1v) is 7.05. The molecule has 0 fully saturated rings. The van der Waals surface area contributed by atoms with Crippen molar-refractivity contribution in [2.24, 2.45) is 0 Å². The van der Waals surface area contributed by atoms with Crippen LogP contribution in [-0.2, 0) is 4.79 Å². The van der Waals surface area contributed by atoms with E-state index in [1.54, 1.807) is 14.2 Å². The SMILES string of the molecule is CCC(=O)Nc1ccc(Nc2ccc(OC)cc2OC)cc1. The molecule has 0 saturated heterocycles. The Bertz CT molecular complexity index is 639. The van der Waals surface area contributed by atoms with Gasteiger partial charge in [0.05, 0.1) is 19.9 Å². The van der Waals surface area contributed by atoms with Gasteiger partial charge in [-0.3, -0.25) is 4.79 Å². The number of rotatable bonds is 6. The van der Waals surface area contributed by atoms with Gasteiger partial charge in [-0.2, -0.15) is 0 Å². The zero-order chi connectivity index (χ0) is 15.9. The number of nitrogens with one attached hydrogen (secondary N) is 2. The van der Waals surface area contributed by atoms with Gasteiger partial charge in [0.15, 0.2) is 0 Å². The molecule has 2 aromatic carbocycles. The minimum absolute atomic E-state index is 0.00228. The molecule has 0 aliphatic rings. The van der Waals surface area contributed by atoms with Gasteiger partial charge in [-0.1, -0.05) is 6.92 Å². The predicted molar refractivity (Wildman–Crippen MR) is 88.2 cm³/mol. The number of hydrogen-bond donors (Lipinski definition) is 2. The van der Waals surface area contributed by atoms with Crippen molar-refractivity contribution in [3.8, 4) is 11.5 Å². The molecule has 2 N–H and O–H groups in total. The molecular formula is C17H20N2O3. The van der Waals surface area contributed by atoms with Crippen LogP contribution >= 0.6 is 0 Å². The smallest absolute Gasteiger partial charge is 0.224 e. The maximum Gasteiger partial charge on any atom is 0.224 e. The Kier molecular flexibility index (Phi) is 5.25. The summed E-state index contributed by atoms with van der Waals surface area (Å²) in [6.45, 7) is 1.82. The molecule has 0 spiro atoms. The molecule has 0 bridgehead atoms. The second-order valence-electron chi connectivity index (χ2n) is 4.67. The Morgan fingerprint density at radius 1 is 1.00 bits per heavy atom. The summed E-state index contributed by atoms with van der Waals surface area (Å²) < 4.78 is 10.5. The van der Waals surface area contributed by atoms with Crippen molar-refractivity contribution in [1.82, 2.24) is 0 Å². The van der Waals surface area contributed by atoms with Gasteiger partial charge >= 0.3 is 0 Å². The quantitative estimate of drug-likeness (QED) is 0.852. The van der Waals surface area contributed by atoms with Gasteiger partial charge < -0.3 is 20.1 Å². The monoisotopic (exact) mass is 300 g/mol. The van der Waals surface area contributed by atoms with Crippen molar-refractivity contribution < 1.29 is 14.3 Å². The molecular weight excluding hydrogens is 280 g/mol. The summed E-state index contributed by atoms with van der Waals surface area (Å²) in [6.07, 6.45) is 0.461. The predicted octanol–water partition coefficient (Wildman–Crippen LogP) is 3.80. The lowest BCUT2D eigenvalue weighted by Crippen LogP contribution is -2.09. The van der Waals surface area contributed by atoms with E-state index in [0.29, 0.717) is 12.2 Å². The number of ether oxygens (including phenoxy) is 2. The van der Waals surface area contributed by atoms with Crippen molar-refractivity contribution >= 4 is 23.0 Å². The van der Waals surface area contributed by atoms with Crippen LogP contribution in [0.25, 0.3) is 0 Å². The first-order valence-electron chi connectivity index (χ1n) is 7.05. The molecule has 2 aromatic rings. The standard InChI is InChI=1S/C17H20N2O3/c1-4-17(20)19-13-7-5-12(6-8-13)18-15-10-9-14(21-2)11-16(15)22-3/h5-11,18H,4H2,1-3H3,(H,19,20). The van der Waals surface area contributed by atoms with Crippen LogP contribution < -0.4 is 20.1 Å². The number of methoxy groups -OCH3 is 2. The molecule has 116 valence electrons. The Hall–Kier alpha value is -2.69. The molecule has 0 aliphatic heterocycles. The Morgan fingerprint density at radius 3 is 2.27 bits per heavy atom. The average molecular weight is 300 g/mol. The fraction of sp³-hybridized carbons (Fsp3) is 0.235. The van der Waals surface area contributed by atoms with Crippen LogP contribution in [0.5, 0.6) is 11.5 Å². The number of amides is 1. The van der Waals surface area contributed by atoms with E-state index < -0.39 is 0 Å². The molecule has 0 unspecified atom stereocenters. The first kappa shape index (κ1) is 15.7. The summed E-state index contributed by atoms with van der Waals surface area (Å²) in [5.74, 6) is 1.43. The Morgan fingerprint density at radius 2 is 1.68 bits per heavy atom. The van der Waals surface area contributed by atoms with E-state index in [4.69, 9.17) is 9.47 Å². The Balaban J connectivity index is 2.12. The summed E-state index contributed by atoms with van der Waals surface area (Å²) in [4.78, 5) is 11.3. The lowest BCUT2D eigenvalue weighted by Gasteiger charge is -2.13. The highest BCUT2D eigenvalue weighted by molar-refractivity contribution is 5.90. The third-order valence-corrected chi connectivity index (χ3v) is 3.18. The summed E-state index contributed by atoms with van der Waals surface area (Å²) in [7, 11) is 3.23. The van der Waals surface area contributed by atoms with Crippen molar-refractivity contribution in [3.63, 3.8) is 0 Å². The zero-order valence-corrected chi connectivity index (χ0v) is 13.0. The van der Waals surface area contributed by atoms with Crippen molar-refractivity contribution in [2.45, 2.75) is 13.3 Å². The van der Waals surface area contributed by atoms with E-state index in [1.807, 2.05) is 49.4 Å². The van der Waals surface area contributed by atoms with Gasteiger partial charge in [-0.15, -0.1) is 0 Å². The summed E-state index contributed by atoms with van der Waals surface area (Å²) in [5, 5.41) is 6.09. The van der Waals surface area contributed by atoms with Crippen LogP contribution in [0.3, 0.4) is 0 Å². The van der Waals surface area contributed by atoms with E-state index in [0.717, 1.165) is 22.8 Å². The molecule has 0 aromatic heterocycles. The largest absolute Gasteiger partial charge is 0.497 e. The van der Waals surface area contributed by atoms with Crippen molar-refractivity contribution in [1.29, 1.82) is 0 Å². The average Bonchev–Trinajstić information content (AvgIpc) is 2.56. The van der Waals surface area contributed by atoms with E-state index in [-0.39, 0.29) is 5.91 Å². The van der Waals surface area contributed by atoms with Crippen LogP contribution in [0.4, 0.5) is 17.1 Å². The molecule has 22 heavy (non-hydrogen) atoms. The van der Waals surface area contributed by atoms with Gasteiger partial charge in [0.1, 0.15) is 11.5 Å². The first-order chi connectivity index (χ1) is 10.7. The molecule has 0 heterocycles. The van der Waals surface area contributed by atoms with E-state index >= 15 is 0 Å². The lowest BCUT2D eigenvalue weighted by molar-refractivity contribution is -0.115. The van der Waals surface area contributed by atoms with Crippen molar-refractivity contribution in [3.05, 3.63) is 42.5 Å². The van der Waals surface area contributed by atoms with Crippen LogP contribution in [0.15, 0.2) is 42.5 Å². The van der Waals surface area contributed by atoms with Crippen LogP contribution in [0.2, 0.25) is 0 Å². The fourth-order valence-electron chi connectivity index (χ4n) is 1.94. The maximum atomic E-state index is 11.3. The van der Waals surface area contributed by atoms with E-state index in [2.05, 4.69) is 10.6 Å². The van der Waals surface area contributed by atoms with Crippen LogP contribution in [0, 0.1) is 0 Å². The second-order valence-corrected chi connectivity index (χ2v) is 4.67. The number of carbonyl (C=O) groups excluding carboxylic acids is 1. The fourth-order valence-corrected chi connectivity index (χ4v) is 1.94. The lowest BCUT2D eigenvalue weighted by atomic mass is 10.2. The van der Waals surface area contributed by atoms with Gasteiger partial charge in [-0.05, 0) is 36.4 Å².